The Morgan fingerprint density at radius 3 is 2.69 bits per heavy atom. The van der Waals surface area contributed by atoms with Crippen molar-refractivity contribution in [2.24, 2.45) is 5.92 Å². The van der Waals surface area contributed by atoms with E-state index in [4.69, 9.17) is 9.47 Å². The molecule has 11 nitrogen and oxygen atoms in total. The molecule has 13 heteroatoms. The van der Waals surface area contributed by atoms with Gasteiger partial charge in [-0.05, 0) is 27.2 Å². The first kappa shape index (κ1) is 25.6. The molecule has 0 atom stereocenters. The van der Waals surface area contributed by atoms with Crippen LogP contribution in [0.4, 0.5) is 10.3 Å². The molecule has 1 fully saturated rings. The predicted molar refractivity (Wildman–Crippen MR) is 131 cm³/mol. The van der Waals surface area contributed by atoms with E-state index in [1.165, 1.54) is 10.8 Å². The molecule has 0 aromatic carbocycles. The van der Waals surface area contributed by atoms with Crippen molar-refractivity contribution in [2.75, 3.05) is 44.4 Å². The van der Waals surface area contributed by atoms with Crippen LogP contribution in [0.5, 0.6) is 0 Å². The molecule has 1 N–H and O–H groups in total. The van der Waals surface area contributed by atoms with Crippen LogP contribution in [-0.2, 0) is 14.3 Å². The predicted octanol–water partition coefficient (Wildman–Crippen LogP) is 1.84. The smallest absolute Gasteiger partial charge is 0.343 e. The number of fused-ring (bicyclic) bond motifs is 1. The van der Waals surface area contributed by atoms with Crippen LogP contribution in [0.2, 0.25) is 0 Å². The van der Waals surface area contributed by atoms with Gasteiger partial charge in [0.25, 0.3) is 0 Å². The fourth-order valence-electron chi connectivity index (χ4n) is 3.85. The number of hydrogen-bond acceptors (Lipinski definition) is 10. The molecular weight excluding hydrogens is 491 g/mol. The third-order valence-corrected chi connectivity index (χ3v) is 6.47. The van der Waals surface area contributed by atoms with Crippen molar-refractivity contribution in [2.45, 2.75) is 27.2 Å². The van der Waals surface area contributed by atoms with Crippen LogP contribution < -0.4 is 15.6 Å². The summed E-state index contributed by atoms with van der Waals surface area (Å²) in [5.41, 5.74) is -0.257. The molecule has 0 aliphatic carbocycles. The number of aryl methyl sites for hydroxylation is 1. The van der Waals surface area contributed by atoms with Crippen LogP contribution in [0.1, 0.15) is 36.3 Å². The van der Waals surface area contributed by atoms with E-state index in [-0.39, 0.29) is 40.2 Å². The Morgan fingerprint density at radius 1 is 1.25 bits per heavy atom. The normalized spacial score (nSPS) is 13.6. The van der Waals surface area contributed by atoms with E-state index in [0.717, 1.165) is 24.0 Å². The first-order valence-electron chi connectivity index (χ1n) is 11.7. The van der Waals surface area contributed by atoms with Crippen LogP contribution >= 0.6 is 11.3 Å². The highest BCUT2D eigenvalue weighted by Crippen LogP contribution is 2.27. The van der Waals surface area contributed by atoms with Gasteiger partial charge in [0.2, 0.25) is 17.3 Å². The number of hydrogen-bond donors (Lipinski definition) is 1. The quantitative estimate of drug-likeness (QED) is 0.316. The SMILES string of the molecule is CCOCCCNC(=O)C1CN(c2nc(C)c3c(=O)c(C(=O)OCC)cn(-c4ncc(F)s4)c3n2)C1. The molecule has 3 aromatic rings. The summed E-state index contributed by atoms with van der Waals surface area (Å²) in [5.74, 6) is -0.724. The van der Waals surface area contributed by atoms with Crippen molar-refractivity contribution in [1.29, 1.82) is 0 Å². The average molecular weight is 519 g/mol. The number of carbonyl (C=O) groups is 2. The zero-order valence-electron chi connectivity index (χ0n) is 20.2. The monoisotopic (exact) mass is 518 g/mol. The van der Waals surface area contributed by atoms with Crippen LogP contribution in [-0.4, -0.2) is 70.9 Å². The van der Waals surface area contributed by atoms with Gasteiger partial charge in [-0.2, -0.15) is 9.37 Å². The Morgan fingerprint density at radius 2 is 2.03 bits per heavy atom. The second-order valence-corrected chi connectivity index (χ2v) is 9.12. The van der Waals surface area contributed by atoms with Gasteiger partial charge in [0.15, 0.2) is 15.9 Å². The molecule has 1 aliphatic rings. The van der Waals surface area contributed by atoms with Gasteiger partial charge in [0.1, 0.15) is 5.56 Å². The molecule has 0 unspecified atom stereocenters. The van der Waals surface area contributed by atoms with Crippen LogP contribution in [0.25, 0.3) is 16.2 Å². The number of nitrogens with zero attached hydrogens (tertiary/aromatic N) is 5. The highest BCUT2D eigenvalue weighted by atomic mass is 32.1. The number of thiazole rings is 1. The summed E-state index contributed by atoms with van der Waals surface area (Å²) < 4.78 is 25.5. The summed E-state index contributed by atoms with van der Waals surface area (Å²) >= 11 is 0.747. The standard InChI is InChI=1S/C23H27FN6O5S/c1-4-34-8-6-7-25-20(32)14-10-29(11-14)22-27-13(3)17-18(31)15(21(33)35-5-2)12-30(19(17)28-22)23-26-9-16(24)36-23/h9,12,14H,4-8,10-11H2,1-3H3,(H,25,32). The number of carbonyl (C=O) groups excluding carboxylic acids is 2. The number of anilines is 1. The van der Waals surface area contributed by atoms with Crippen molar-refractivity contribution in [3.05, 3.63) is 39.0 Å². The Labute approximate surface area is 210 Å². The fraction of sp³-hybridized carbons (Fsp3) is 0.478. The molecule has 0 spiro atoms. The average Bonchev–Trinajstić information content (AvgIpc) is 3.24. The third kappa shape index (κ3) is 5.21. The first-order chi connectivity index (χ1) is 17.3. The van der Waals surface area contributed by atoms with Crippen LogP contribution in [0.3, 0.4) is 0 Å². The largest absolute Gasteiger partial charge is 0.462 e. The number of esters is 1. The first-order valence-corrected chi connectivity index (χ1v) is 12.5. The van der Waals surface area contributed by atoms with E-state index in [1.54, 1.807) is 13.8 Å². The third-order valence-electron chi connectivity index (χ3n) is 5.69. The minimum absolute atomic E-state index is 0.0468. The molecule has 4 rings (SSSR count). The number of pyridine rings is 1. The lowest BCUT2D eigenvalue weighted by Crippen LogP contribution is -2.54. The van der Waals surface area contributed by atoms with Gasteiger partial charge < -0.3 is 19.7 Å². The van der Waals surface area contributed by atoms with Crippen molar-refractivity contribution in [1.82, 2.24) is 24.8 Å². The summed E-state index contributed by atoms with van der Waals surface area (Å²) in [4.78, 5) is 52.9. The van der Waals surface area contributed by atoms with Crippen molar-refractivity contribution in [3.63, 3.8) is 0 Å². The van der Waals surface area contributed by atoms with E-state index < -0.39 is 16.5 Å². The van der Waals surface area contributed by atoms with Crippen LogP contribution in [0.15, 0.2) is 17.2 Å². The minimum Gasteiger partial charge on any atom is -0.462 e. The Hall–Kier alpha value is -3.45. The molecule has 3 aromatic heterocycles. The van der Waals surface area contributed by atoms with Crippen molar-refractivity contribution < 1.29 is 23.5 Å². The molecule has 36 heavy (non-hydrogen) atoms. The van der Waals surface area contributed by atoms with Gasteiger partial charge in [-0.15, -0.1) is 0 Å². The van der Waals surface area contributed by atoms with E-state index >= 15 is 0 Å². The molecule has 192 valence electrons. The second kappa shape index (κ2) is 11.1. The van der Waals surface area contributed by atoms with Gasteiger partial charge >= 0.3 is 5.97 Å². The maximum absolute atomic E-state index is 13.8. The topological polar surface area (TPSA) is 129 Å². The van der Waals surface area contributed by atoms with Crippen molar-refractivity contribution >= 4 is 40.2 Å². The molecule has 0 bridgehead atoms. The number of amides is 1. The zero-order valence-corrected chi connectivity index (χ0v) is 21.1. The Kier molecular flexibility index (Phi) is 7.89. The lowest BCUT2D eigenvalue weighted by atomic mass is 10.00. The van der Waals surface area contributed by atoms with Gasteiger partial charge in [-0.3, -0.25) is 14.2 Å². The summed E-state index contributed by atoms with van der Waals surface area (Å²) in [6, 6.07) is 0. The van der Waals surface area contributed by atoms with Crippen LogP contribution in [0, 0.1) is 18.0 Å². The van der Waals surface area contributed by atoms with E-state index in [0.29, 0.717) is 44.5 Å². The zero-order chi connectivity index (χ0) is 25.8. The number of ether oxygens (including phenoxy) is 2. The lowest BCUT2D eigenvalue weighted by molar-refractivity contribution is -0.125. The number of nitrogens with one attached hydrogen (secondary N) is 1. The summed E-state index contributed by atoms with van der Waals surface area (Å²) in [6.07, 6.45) is 3.06. The lowest BCUT2D eigenvalue weighted by Gasteiger charge is -2.38. The van der Waals surface area contributed by atoms with E-state index in [1.807, 2.05) is 11.8 Å². The maximum atomic E-state index is 13.8. The highest BCUT2D eigenvalue weighted by molar-refractivity contribution is 7.12. The van der Waals surface area contributed by atoms with Gasteiger partial charge in [0, 0.05) is 39.0 Å². The van der Waals surface area contributed by atoms with Gasteiger partial charge in [0.05, 0.1) is 29.8 Å². The van der Waals surface area contributed by atoms with Crippen molar-refractivity contribution in [3.8, 4) is 5.13 Å². The summed E-state index contributed by atoms with van der Waals surface area (Å²) in [7, 11) is 0. The molecule has 0 radical (unpaired) electrons. The summed E-state index contributed by atoms with van der Waals surface area (Å²) in [5, 5.41) is 2.69. The maximum Gasteiger partial charge on any atom is 0.343 e. The second-order valence-electron chi connectivity index (χ2n) is 8.16. The van der Waals surface area contributed by atoms with Gasteiger partial charge in [-0.25, -0.2) is 14.8 Å². The fourth-order valence-corrected chi connectivity index (χ4v) is 4.47. The van der Waals surface area contributed by atoms with E-state index in [9.17, 15) is 18.8 Å². The molecule has 1 amide bonds. The molecular formula is C23H27FN6O5S. The molecule has 4 heterocycles. The van der Waals surface area contributed by atoms with Gasteiger partial charge in [-0.1, -0.05) is 11.3 Å². The molecule has 1 saturated heterocycles. The molecule has 1 aliphatic heterocycles. The molecule has 0 saturated carbocycles. The van der Waals surface area contributed by atoms with E-state index in [2.05, 4.69) is 20.3 Å². The number of rotatable bonds is 10. The summed E-state index contributed by atoms with van der Waals surface area (Å²) in [6.45, 7) is 7.90. The Bertz CT molecular complexity index is 1340. The number of aromatic nitrogens is 4. The number of halogens is 1. The minimum atomic E-state index is -0.795. The highest BCUT2D eigenvalue weighted by Gasteiger charge is 2.35. The Balaban J connectivity index is 1.62.